The fourth-order valence-electron chi connectivity index (χ4n) is 2.94. The molecule has 0 spiro atoms. The molecule has 0 bridgehead atoms. The lowest BCUT2D eigenvalue weighted by molar-refractivity contribution is 0.373. The van der Waals surface area contributed by atoms with Crippen LogP contribution in [0.2, 0.25) is 0 Å². The normalized spacial score (nSPS) is 18.1. The lowest BCUT2D eigenvalue weighted by Gasteiger charge is -2.18. The lowest BCUT2D eigenvalue weighted by atomic mass is 9.87. The van der Waals surface area contributed by atoms with E-state index >= 15 is 0 Å². The maximum absolute atomic E-state index is 5.96. The van der Waals surface area contributed by atoms with Gasteiger partial charge < -0.3 is 4.42 Å². The van der Waals surface area contributed by atoms with E-state index in [0.717, 1.165) is 17.0 Å². The van der Waals surface area contributed by atoms with Crippen LogP contribution in [0, 0.1) is 0 Å². The first-order valence-electron chi connectivity index (χ1n) is 7.45. The van der Waals surface area contributed by atoms with E-state index in [0.29, 0.717) is 5.92 Å². The maximum Gasteiger partial charge on any atom is 0.198 e. The zero-order chi connectivity index (χ0) is 13.5. The molecule has 2 aromatic rings. The Morgan fingerprint density at radius 3 is 2.53 bits per heavy atom. The number of nitrogens with zero attached hydrogens (tertiary/aromatic N) is 1. The smallest absolute Gasteiger partial charge is 0.198 e. The largest absolute Gasteiger partial charge is 0.440 e. The minimum absolute atomic E-state index is 0.165. The molecule has 3 rings (SSSR count). The van der Waals surface area contributed by atoms with E-state index in [4.69, 9.17) is 9.40 Å². The molecule has 1 heterocycles. The van der Waals surface area contributed by atoms with Crippen molar-refractivity contribution in [3.8, 4) is 0 Å². The van der Waals surface area contributed by atoms with Gasteiger partial charge in [0.15, 0.2) is 11.5 Å². The van der Waals surface area contributed by atoms with Crippen LogP contribution < -0.4 is 0 Å². The average molecular weight is 257 g/mol. The van der Waals surface area contributed by atoms with Gasteiger partial charge in [-0.05, 0) is 36.0 Å². The van der Waals surface area contributed by atoms with Gasteiger partial charge in [-0.3, -0.25) is 0 Å². The Hall–Kier alpha value is -1.31. The fourth-order valence-corrected chi connectivity index (χ4v) is 2.94. The van der Waals surface area contributed by atoms with Gasteiger partial charge in [0.05, 0.1) is 0 Å². The van der Waals surface area contributed by atoms with Crippen molar-refractivity contribution in [2.45, 2.75) is 64.2 Å². The summed E-state index contributed by atoms with van der Waals surface area (Å²) in [5.41, 5.74) is 3.45. The van der Waals surface area contributed by atoms with E-state index in [9.17, 15) is 0 Å². The van der Waals surface area contributed by atoms with Crippen LogP contribution in [0.3, 0.4) is 0 Å². The number of benzene rings is 1. The van der Waals surface area contributed by atoms with Gasteiger partial charge in [0, 0.05) is 5.92 Å². The lowest BCUT2D eigenvalue weighted by Crippen LogP contribution is -2.10. The molecule has 0 saturated heterocycles. The van der Waals surface area contributed by atoms with Crippen molar-refractivity contribution in [3.63, 3.8) is 0 Å². The minimum Gasteiger partial charge on any atom is -0.440 e. The molecule has 102 valence electrons. The van der Waals surface area contributed by atoms with E-state index in [1.807, 2.05) is 0 Å². The van der Waals surface area contributed by atoms with Crippen molar-refractivity contribution in [2.24, 2.45) is 0 Å². The molecule has 1 aliphatic rings. The van der Waals surface area contributed by atoms with E-state index in [-0.39, 0.29) is 5.41 Å². The first kappa shape index (κ1) is 12.7. The van der Waals surface area contributed by atoms with Crippen molar-refractivity contribution in [2.75, 3.05) is 0 Å². The second-order valence-electron chi connectivity index (χ2n) is 6.82. The molecule has 1 saturated carbocycles. The second kappa shape index (κ2) is 4.66. The van der Waals surface area contributed by atoms with Crippen LogP contribution in [0.25, 0.3) is 11.1 Å². The summed E-state index contributed by atoms with van der Waals surface area (Å²) in [6.07, 6.45) is 6.47. The molecular weight excluding hydrogens is 234 g/mol. The third-order valence-corrected chi connectivity index (χ3v) is 4.22. The Bertz CT molecular complexity index is 570. The molecule has 1 aromatic carbocycles. The van der Waals surface area contributed by atoms with Gasteiger partial charge in [0.1, 0.15) is 5.52 Å². The highest BCUT2D eigenvalue weighted by Crippen LogP contribution is 2.34. The molecule has 2 nitrogen and oxygen atoms in total. The summed E-state index contributed by atoms with van der Waals surface area (Å²) in [6, 6.07) is 6.43. The van der Waals surface area contributed by atoms with Crippen molar-refractivity contribution >= 4 is 11.1 Å². The van der Waals surface area contributed by atoms with Gasteiger partial charge in [-0.1, -0.05) is 46.1 Å². The molecule has 0 N–H and O–H groups in total. The zero-order valence-electron chi connectivity index (χ0n) is 12.2. The highest BCUT2D eigenvalue weighted by atomic mass is 16.3. The van der Waals surface area contributed by atoms with Crippen LogP contribution in [-0.2, 0) is 5.41 Å². The standard InChI is InChI=1S/C17H23NO/c1-17(2,3)13-9-10-15-14(11-13)18-16(19-15)12-7-5-4-6-8-12/h9-12H,4-8H2,1-3H3. The summed E-state index contributed by atoms with van der Waals surface area (Å²) in [4.78, 5) is 4.74. The number of aromatic nitrogens is 1. The first-order chi connectivity index (χ1) is 9.04. The van der Waals surface area contributed by atoms with Crippen molar-refractivity contribution in [1.29, 1.82) is 0 Å². The predicted octanol–water partition coefficient (Wildman–Crippen LogP) is 5.17. The summed E-state index contributed by atoms with van der Waals surface area (Å²) >= 11 is 0. The van der Waals surface area contributed by atoms with Crippen LogP contribution in [0.4, 0.5) is 0 Å². The van der Waals surface area contributed by atoms with Crippen molar-refractivity contribution < 1.29 is 4.42 Å². The van der Waals surface area contributed by atoms with Gasteiger partial charge in [0.25, 0.3) is 0 Å². The van der Waals surface area contributed by atoms with Gasteiger partial charge in [0.2, 0.25) is 0 Å². The summed E-state index contributed by atoms with van der Waals surface area (Å²) in [5, 5.41) is 0. The molecule has 0 radical (unpaired) electrons. The number of hydrogen-bond donors (Lipinski definition) is 0. The number of hydrogen-bond acceptors (Lipinski definition) is 2. The van der Waals surface area contributed by atoms with Gasteiger partial charge in [-0.15, -0.1) is 0 Å². The first-order valence-corrected chi connectivity index (χ1v) is 7.45. The molecule has 0 amide bonds. The van der Waals surface area contributed by atoms with Gasteiger partial charge >= 0.3 is 0 Å². The second-order valence-corrected chi connectivity index (χ2v) is 6.82. The summed E-state index contributed by atoms with van der Waals surface area (Å²) in [6.45, 7) is 6.70. The van der Waals surface area contributed by atoms with E-state index in [1.54, 1.807) is 0 Å². The molecule has 2 heteroatoms. The molecule has 0 aliphatic heterocycles. The minimum atomic E-state index is 0.165. The third kappa shape index (κ3) is 2.54. The molecule has 1 aliphatic carbocycles. The Labute approximate surface area is 115 Å². The monoisotopic (exact) mass is 257 g/mol. The maximum atomic E-state index is 5.96. The highest BCUT2D eigenvalue weighted by molar-refractivity contribution is 5.73. The summed E-state index contributed by atoms with van der Waals surface area (Å²) in [5.74, 6) is 1.50. The van der Waals surface area contributed by atoms with Crippen molar-refractivity contribution in [1.82, 2.24) is 4.98 Å². The Morgan fingerprint density at radius 2 is 1.84 bits per heavy atom. The van der Waals surface area contributed by atoms with E-state index in [1.165, 1.54) is 37.7 Å². The molecular formula is C17H23NO. The SMILES string of the molecule is CC(C)(C)c1ccc2oc(C3CCCCC3)nc2c1. The predicted molar refractivity (Wildman–Crippen MR) is 78.5 cm³/mol. The number of fused-ring (bicyclic) bond motifs is 1. The quantitative estimate of drug-likeness (QED) is 0.704. The van der Waals surface area contributed by atoms with Gasteiger partial charge in [-0.2, -0.15) is 0 Å². The average Bonchev–Trinajstić information content (AvgIpc) is 2.81. The topological polar surface area (TPSA) is 26.0 Å². The molecule has 1 aromatic heterocycles. The van der Waals surface area contributed by atoms with E-state index < -0.39 is 0 Å². The van der Waals surface area contributed by atoms with Gasteiger partial charge in [-0.25, -0.2) is 4.98 Å². The van der Waals surface area contributed by atoms with E-state index in [2.05, 4.69) is 39.0 Å². The molecule has 1 fully saturated rings. The Kier molecular flexibility index (Phi) is 3.12. The van der Waals surface area contributed by atoms with Crippen LogP contribution >= 0.6 is 0 Å². The van der Waals surface area contributed by atoms with Crippen LogP contribution in [-0.4, -0.2) is 4.98 Å². The van der Waals surface area contributed by atoms with Crippen molar-refractivity contribution in [3.05, 3.63) is 29.7 Å². The number of oxazole rings is 1. The van der Waals surface area contributed by atoms with Crippen LogP contribution in [0.5, 0.6) is 0 Å². The Balaban J connectivity index is 1.96. The molecule has 19 heavy (non-hydrogen) atoms. The van der Waals surface area contributed by atoms with Crippen LogP contribution in [0.15, 0.2) is 22.6 Å². The zero-order valence-corrected chi connectivity index (χ0v) is 12.2. The highest BCUT2D eigenvalue weighted by Gasteiger charge is 2.22. The molecule has 0 atom stereocenters. The van der Waals surface area contributed by atoms with Crippen LogP contribution in [0.1, 0.15) is 70.2 Å². The third-order valence-electron chi connectivity index (χ3n) is 4.22. The summed E-state index contributed by atoms with van der Waals surface area (Å²) in [7, 11) is 0. The fraction of sp³-hybridized carbons (Fsp3) is 0.588. The molecule has 0 unspecified atom stereocenters. The number of rotatable bonds is 1. The summed E-state index contributed by atoms with van der Waals surface area (Å²) < 4.78 is 5.96. The Morgan fingerprint density at radius 1 is 1.11 bits per heavy atom.